The van der Waals surface area contributed by atoms with Crippen molar-refractivity contribution in [3.63, 3.8) is 0 Å². The van der Waals surface area contributed by atoms with Crippen LogP contribution < -0.4 is 0 Å². The Balaban J connectivity index is 2.44. The Kier molecular flexibility index (Phi) is 3.96. The predicted molar refractivity (Wildman–Crippen MR) is 73.9 cm³/mol. The molecule has 19 heavy (non-hydrogen) atoms. The largest absolute Gasteiger partial charge is 0.289 e. The van der Waals surface area contributed by atoms with E-state index in [1.807, 2.05) is 37.3 Å². The van der Waals surface area contributed by atoms with Gasteiger partial charge in [0.1, 0.15) is 0 Å². The predicted octanol–water partition coefficient (Wildman–Crippen LogP) is 4.04. The molecule has 0 atom stereocenters. The summed E-state index contributed by atoms with van der Waals surface area (Å²) in [7, 11) is 0. The van der Waals surface area contributed by atoms with Crippen LogP contribution in [0.1, 0.15) is 27.0 Å². The highest BCUT2D eigenvalue weighted by atomic mass is 16.1. The third kappa shape index (κ3) is 3.00. The lowest BCUT2D eigenvalue weighted by atomic mass is 9.97. The van der Waals surface area contributed by atoms with Crippen molar-refractivity contribution in [2.75, 3.05) is 0 Å². The summed E-state index contributed by atoms with van der Waals surface area (Å²) in [5.74, 6) is -0.0521. The van der Waals surface area contributed by atoms with Gasteiger partial charge in [-0.05, 0) is 18.0 Å². The molecule has 4 nitrogen and oxygen atoms in total. The van der Waals surface area contributed by atoms with Gasteiger partial charge in [-0.15, -0.1) is 0 Å². The van der Waals surface area contributed by atoms with Crippen LogP contribution in [0.15, 0.2) is 53.6 Å². The van der Waals surface area contributed by atoms with Gasteiger partial charge in [-0.1, -0.05) is 59.2 Å². The first-order valence-corrected chi connectivity index (χ1v) is 5.92. The molecule has 0 aromatic heterocycles. The van der Waals surface area contributed by atoms with Crippen molar-refractivity contribution < 1.29 is 4.79 Å². The fraction of sp³-hybridized carbons (Fsp3) is 0.133. The van der Waals surface area contributed by atoms with Gasteiger partial charge in [-0.2, -0.15) is 0 Å². The zero-order chi connectivity index (χ0) is 13.7. The normalized spacial score (nSPS) is 9.74. The van der Waals surface area contributed by atoms with Gasteiger partial charge in [-0.3, -0.25) is 4.79 Å². The zero-order valence-corrected chi connectivity index (χ0v) is 10.6. The molecule has 0 radical (unpaired) electrons. The van der Waals surface area contributed by atoms with E-state index in [0.717, 1.165) is 11.1 Å². The minimum absolute atomic E-state index is 0.0521. The van der Waals surface area contributed by atoms with Gasteiger partial charge in [-0.25, -0.2) is 0 Å². The smallest absolute Gasteiger partial charge is 0.193 e. The minimum atomic E-state index is -0.0521. The molecule has 0 heterocycles. The van der Waals surface area contributed by atoms with Crippen LogP contribution in [0.5, 0.6) is 0 Å². The number of nitrogens with zero attached hydrogens (tertiary/aromatic N) is 3. The van der Waals surface area contributed by atoms with E-state index in [4.69, 9.17) is 5.53 Å². The van der Waals surface area contributed by atoms with E-state index >= 15 is 0 Å². The molecule has 0 saturated carbocycles. The van der Waals surface area contributed by atoms with Crippen molar-refractivity contribution in [1.82, 2.24) is 0 Å². The summed E-state index contributed by atoms with van der Waals surface area (Å²) >= 11 is 0. The molecule has 2 aromatic carbocycles. The average molecular weight is 251 g/mol. The van der Waals surface area contributed by atoms with Crippen molar-refractivity contribution in [2.24, 2.45) is 5.11 Å². The van der Waals surface area contributed by atoms with Crippen molar-refractivity contribution >= 4 is 5.78 Å². The van der Waals surface area contributed by atoms with E-state index in [-0.39, 0.29) is 12.3 Å². The Morgan fingerprint density at radius 1 is 1.21 bits per heavy atom. The van der Waals surface area contributed by atoms with Crippen LogP contribution in [0, 0.1) is 6.92 Å². The molecule has 0 aliphatic rings. The molecular formula is C15H13N3O. The summed E-state index contributed by atoms with van der Waals surface area (Å²) in [6, 6.07) is 14.6. The number of azide groups is 1. The molecule has 0 bridgehead atoms. The van der Waals surface area contributed by atoms with Gasteiger partial charge in [0.2, 0.25) is 0 Å². The molecule has 0 unspecified atom stereocenters. The molecule has 0 fully saturated rings. The second kappa shape index (κ2) is 5.85. The van der Waals surface area contributed by atoms with Gasteiger partial charge in [0.25, 0.3) is 0 Å². The molecule has 0 amide bonds. The van der Waals surface area contributed by atoms with Gasteiger partial charge in [0.05, 0.1) is 6.54 Å². The Bertz CT molecular complexity index is 644. The number of aryl methyl sites for hydroxylation is 1. The van der Waals surface area contributed by atoms with Gasteiger partial charge in [0, 0.05) is 16.0 Å². The van der Waals surface area contributed by atoms with Crippen molar-refractivity contribution in [3.05, 3.63) is 81.2 Å². The summed E-state index contributed by atoms with van der Waals surface area (Å²) in [5.41, 5.74) is 11.4. The van der Waals surface area contributed by atoms with E-state index in [2.05, 4.69) is 10.0 Å². The molecule has 4 heteroatoms. The van der Waals surface area contributed by atoms with E-state index in [1.54, 1.807) is 18.2 Å². The molecule has 2 aromatic rings. The molecule has 0 spiro atoms. The number of carbonyl (C=O) groups is 1. The fourth-order valence-electron chi connectivity index (χ4n) is 1.93. The maximum Gasteiger partial charge on any atom is 0.193 e. The number of hydrogen-bond acceptors (Lipinski definition) is 2. The maximum atomic E-state index is 12.4. The van der Waals surface area contributed by atoms with Crippen LogP contribution in [-0.4, -0.2) is 5.78 Å². The summed E-state index contributed by atoms with van der Waals surface area (Å²) in [6.45, 7) is 2.13. The quantitative estimate of drug-likeness (QED) is 0.350. The van der Waals surface area contributed by atoms with Gasteiger partial charge >= 0.3 is 0 Å². The van der Waals surface area contributed by atoms with Crippen LogP contribution in [-0.2, 0) is 6.54 Å². The molecule has 0 N–H and O–H groups in total. The number of carbonyl (C=O) groups excluding carboxylic acids is 1. The van der Waals surface area contributed by atoms with Crippen LogP contribution in [0.25, 0.3) is 10.4 Å². The van der Waals surface area contributed by atoms with E-state index < -0.39 is 0 Å². The first-order valence-electron chi connectivity index (χ1n) is 5.92. The Morgan fingerprint density at radius 3 is 2.63 bits per heavy atom. The van der Waals surface area contributed by atoms with Crippen LogP contribution >= 0.6 is 0 Å². The van der Waals surface area contributed by atoms with Crippen molar-refractivity contribution in [2.45, 2.75) is 13.5 Å². The molecule has 94 valence electrons. The minimum Gasteiger partial charge on any atom is -0.289 e. The van der Waals surface area contributed by atoms with E-state index in [9.17, 15) is 4.79 Å². The Morgan fingerprint density at radius 2 is 1.95 bits per heavy atom. The lowest BCUT2D eigenvalue weighted by Crippen LogP contribution is -2.05. The number of rotatable bonds is 4. The van der Waals surface area contributed by atoms with Crippen LogP contribution in [0.3, 0.4) is 0 Å². The first kappa shape index (κ1) is 12.9. The first-order chi connectivity index (χ1) is 9.22. The highest BCUT2D eigenvalue weighted by Gasteiger charge is 2.12. The number of hydrogen-bond donors (Lipinski definition) is 0. The number of benzene rings is 2. The Labute approximate surface area is 111 Å². The van der Waals surface area contributed by atoms with Crippen molar-refractivity contribution in [1.29, 1.82) is 0 Å². The zero-order valence-electron chi connectivity index (χ0n) is 10.6. The highest BCUT2D eigenvalue weighted by Crippen LogP contribution is 2.17. The summed E-state index contributed by atoms with van der Waals surface area (Å²) < 4.78 is 0. The SMILES string of the molecule is Cc1ccc(C(=O)c2ccccc2)c(CN=[N+]=[N-])c1. The molecular weight excluding hydrogens is 238 g/mol. The van der Waals surface area contributed by atoms with E-state index in [1.165, 1.54) is 0 Å². The summed E-state index contributed by atoms with van der Waals surface area (Å²) in [4.78, 5) is 15.2. The summed E-state index contributed by atoms with van der Waals surface area (Å²) in [6.07, 6.45) is 0. The van der Waals surface area contributed by atoms with Crippen LogP contribution in [0.4, 0.5) is 0 Å². The molecule has 2 rings (SSSR count). The van der Waals surface area contributed by atoms with E-state index in [0.29, 0.717) is 11.1 Å². The van der Waals surface area contributed by atoms with Gasteiger partial charge < -0.3 is 0 Å². The molecule has 0 saturated heterocycles. The fourth-order valence-corrected chi connectivity index (χ4v) is 1.93. The molecule has 0 aliphatic carbocycles. The van der Waals surface area contributed by atoms with Crippen LogP contribution in [0.2, 0.25) is 0 Å². The monoisotopic (exact) mass is 251 g/mol. The van der Waals surface area contributed by atoms with Crippen molar-refractivity contribution in [3.8, 4) is 0 Å². The van der Waals surface area contributed by atoms with Gasteiger partial charge in [0.15, 0.2) is 5.78 Å². The molecule has 0 aliphatic heterocycles. The maximum absolute atomic E-state index is 12.4. The lowest BCUT2D eigenvalue weighted by molar-refractivity contribution is 0.103. The Hall–Kier alpha value is -2.58. The standard InChI is InChI=1S/C15H13N3O/c1-11-7-8-14(13(9-11)10-17-18-16)15(19)12-5-3-2-4-6-12/h2-9H,10H2,1H3. The second-order valence-corrected chi connectivity index (χ2v) is 4.24. The summed E-state index contributed by atoms with van der Waals surface area (Å²) in [5, 5.41) is 3.55. The topological polar surface area (TPSA) is 65.8 Å². The highest BCUT2D eigenvalue weighted by molar-refractivity contribution is 6.09. The third-order valence-corrected chi connectivity index (χ3v) is 2.85. The third-order valence-electron chi connectivity index (χ3n) is 2.85. The second-order valence-electron chi connectivity index (χ2n) is 4.24. The average Bonchev–Trinajstić information content (AvgIpc) is 2.45. The number of ketones is 1. The lowest BCUT2D eigenvalue weighted by Gasteiger charge is -2.08.